The maximum atomic E-state index is 5.39. The highest BCUT2D eigenvalue weighted by Gasteiger charge is 2.24. The van der Waals surface area contributed by atoms with E-state index < -0.39 is 0 Å². The number of methoxy groups -OCH3 is 2. The summed E-state index contributed by atoms with van der Waals surface area (Å²) in [6, 6.07) is 0.0914. The van der Waals surface area contributed by atoms with Crippen LogP contribution in [0, 0.1) is 0 Å². The van der Waals surface area contributed by atoms with Gasteiger partial charge in [0.2, 0.25) is 0 Å². The molecular formula is C11H20BrN3O2. The summed E-state index contributed by atoms with van der Waals surface area (Å²) in [6.45, 7) is 3.40. The minimum atomic E-state index is 0.0642. The summed E-state index contributed by atoms with van der Waals surface area (Å²) in [7, 11) is 5.31. The third kappa shape index (κ3) is 3.51. The zero-order valence-corrected chi connectivity index (χ0v) is 12.3. The van der Waals surface area contributed by atoms with Crippen LogP contribution >= 0.6 is 15.9 Å². The van der Waals surface area contributed by atoms with E-state index >= 15 is 0 Å². The van der Waals surface area contributed by atoms with E-state index in [-0.39, 0.29) is 12.1 Å². The number of likely N-dealkylation sites (N-methyl/N-ethyl adjacent to an activating group) is 1. The fraction of sp³-hybridized carbons (Fsp3) is 0.727. The third-order valence-electron chi connectivity index (χ3n) is 2.79. The predicted octanol–water partition coefficient (Wildman–Crippen LogP) is 1.59. The van der Waals surface area contributed by atoms with Gasteiger partial charge in [-0.25, -0.2) is 0 Å². The van der Waals surface area contributed by atoms with E-state index in [9.17, 15) is 0 Å². The Hall–Kier alpha value is -0.430. The van der Waals surface area contributed by atoms with Gasteiger partial charge in [0.1, 0.15) is 0 Å². The standard InChI is InChI=1S/C11H20BrN3O2/c1-8(17-4)10(13-2)11-9(12)7-14-15(11)5-6-16-3/h7-8,10,13H,5-6H2,1-4H3. The Morgan fingerprint density at radius 2 is 2.24 bits per heavy atom. The van der Waals surface area contributed by atoms with Crippen molar-refractivity contribution in [1.29, 1.82) is 0 Å². The first-order valence-corrected chi connectivity index (χ1v) is 6.35. The normalized spacial score (nSPS) is 14.9. The molecular weight excluding hydrogens is 286 g/mol. The number of rotatable bonds is 7. The zero-order valence-electron chi connectivity index (χ0n) is 10.7. The molecule has 2 atom stereocenters. The van der Waals surface area contributed by atoms with Crippen molar-refractivity contribution >= 4 is 15.9 Å². The molecule has 0 aliphatic carbocycles. The Kier molecular flexibility index (Phi) is 6.11. The molecule has 1 N–H and O–H groups in total. The molecule has 1 aromatic heterocycles. The zero-order chi connectivity index (χ0) is 12.8. The highest BCUT2D eigenvalue weighted by Crippen LogP contribution is 2.26. The predicted molar refractivity (Wildman–Crippen MR) is 70.1 cm³/mol. The van der Waals surface area contributed by atoms with Gasteiger partial charge < -0.3 is 14.8 Å². The van der Waals surface area contributed by atoms with Gasteiger partial charge in [-0.15, -0.1) is 0 Å². The summed E-state index contributed by atoms with van der Waals surface area (Å²) < 4.78 is 13.4. The van der Waals surface area contributed by atoms with Gasteiger partial charge in [0.15, 0.2) is 0 Å². The van der Waals surface area contributed by atoms with Gasteiger partial charge >= 0.3 is 0 Å². The molecule has 1 rings (SSSR count). The van der Waals surface area contributed by atoms with Crippen LogP contribution in [0.2, 0.25) is 0 Å². The van der Waals surface area contributed by atoms with E-state index in [1.807, 2.05) is 18.7 Å². The summed E-state index contributed by atoms with van der Waals surface area (Å²) in [5.74, 6) is 0. The maximum absolute atomic E-state index is 5.39. The van der Waals surface area contributed by atoms with Crippen molar-refractivity contribution in [3.8, 4) is 0 Å². The van der Waals surface area contributed by atoms with Crippen molar-refractivity contribution in [1.82, 2.24) is 15.1 Å². The molecule has 2 unspecified atom stereocenters. The summed E-state index contributed by atoms with van der Waals surface area (Å²) in [5, 5.41) is 7.59. The van der Waals surface area contributed by atoms with Crippen LogP contribution in [0.15, 0.2) is 10.7 Å². The first kappa shape index (κ1) is 14.6. The Morgan fingerprint density at radius 3 is 2.76 bits per heavy atom. The summed E-state index contributed by atoms with van der Waals surface area (Å²) in [6.07, 6.45) is 1.87. The van der Waals surface area contributed by atoms with Crippen molar-refractivity contribution in [3.05, 3.63) is 16.4 Å². The smallest absolute Gasteiger partial charge is 0.0764 e. The number of nitrogens with one attached hydrogen (secondary N) is 1. The molecule has 1 heterocycles. The molecule has 0 aliphatic rings. The van der Waals surface area contributed by atoms with Crippen LogP contribution in [0.4, 0.5) is 0 Å². The second-order valence-corrected chi connectivity index (χ2v) is 4.66. The lowest BCUT2D eigenvalue weighted by Gasteiger charge is -2.24. The van der Waals surface area contributed by atoms with E-state index in [1.54, 1.807) is 20.4 Å². The Bertz CT molecular complexity index is 343. The van der Waals surface area contributed by atoms with Crippen molar-refractivity contribution in [2.24, 2.45) is 0 Å². The molecule has 98 valence electrons. The number of halogens is 1. The molecule has 0 saturated heterocycles. The Balaban J connectivity index is 2.96. The van der Waals surface area contributed by atoms with Crippen molar-refractivity contribution in [3.63, 3.8) is 0 Å². The monoisotopic (exact) mass is 305 g/mol. The lowest BCUT2D eigenvalue weighted by Crippen LogP contribution is -2.31. The van der Waals surface area contributed by atoms with E-state index in [0.29, 0.717) is 6.61 Å². The highest BCUT2D eigenvalue weighted by molar-refractivity contribution is 9.10. The van der Waals surface area contributed by atoms with Crippen LogP contribution < -0.4 is 5.32 Å². The summed E-state index contributed by atoms with van der Waals surface area (Å²) in [4.78, 5) is 0. The second-order valence-electron chi connectivity index (χ2n) is 3.80. The highest BCUT2D eigenvalue weighted by atomic mass is 79.9. The number of ether oxygens (including phenoxy) is 2. The van der Waals surface area contributed by atoms with E-state index in [0.717, 1.165) is 16.7 Å². The topological polar surface area (TPSA) is 48.3 Å². The van der Waals surface area contributed by atoms with Gasteiger partial charge in [-0.3, -0.25) is 4.68 Å². The van der Waals surface area contributed by atoms with Gasteiger partial charge in [0.05, 0.1) is 41.7 Å². The second kappa shape index (κ2) is 7.10. The van der Waals surface area contributed by atoms with Crippen LogP contribution in [0.1, 0.15) is 18.7 Å². The maximum Gasteiger partial charge on any atom is 0.0764 e. The molecule has 5 nitrogen and oxygen atoms in total. The third-order valence-corrected chi connectivity index (χ3v) is 3.40. The Labute approximate surface area is 111 Å². The SMILES string of the molecule is CNC(c1c(Br)cnn1CCOC)C(C)OC. The van der Waals surface area contributed by atoms with Crippen LogP contribution in [0.5, 0.6) is 0 Å². The first-order chi connectivity index (χ1) is 8.15. The van der Waals surface area contributed by atoms with Crippen molar-refractivity contribution in [2.75, 3.05) is 27.9 Å². The fourth-order valence-electron chi connectivity index (χ4n) is 1.77. The Morgan fingerprint density at radius 1 is 1.53 bits per heavy atom. The molecule has 0 radical (unpaired) electrons. The van der Waals surface area contributed by atoms with Gasteiger partial charge in [-0.1, -0.05) is 0 Å². The molecule has 0 amide bonds. The minimum Gasteiger partial charge on any atom is -0.383 e. The summed E-state index contributed by atoms with van der Waals surface area (Å²) in [5.41, 5.74) is 1.08. The molecule has 1 aromatic rings. The number of hydrogen-bond donors (Lipinski definition) is 1. The average Bonchev–Trinajstić information content (AvgIpc) is 2.69. The molecule has 0 fully saturated rings. The van der Waals surface area contributed by atoms with Gasteiger partial charge in [0.25, 0.3) is 0 Å². The van der Waals surface area contributed by atoms with Crippen LogP contribution in [-0.4, -0.2) is 43.8 Å². The fourth-order valence-corrected chi connectivity index (χ4v) is 2.31. The quantitative estimate of drug-likeness (QED) is 0.831. The van der Waals surface area contributed by atoms with Crippen LogP contribution in [-0.2, 0) is 16.0 Å². The number of hydrogen-bond acceptors (Lipinski definition) is 4. The molecule has 0 spiro atoms. The van der Waals surface area contributed by atoms with Crippen molar-refractivity contribution < 1.29 is 9.47 Å². The molecule has 0 bridgehead atoms. The summed E-state index contributed by atoms with van der Waals surface area (Å²) >= 11 is 3.53. The number of nitrogens with zero attached hydrogens (tertiary/aromatic N) is 2. The first-order valence-electron chi connectivity index (χ1n) is 5.55. The molecule has 0 aromatic carbocycles. The van der Waals surface area contributed by atoms with Crippen LogP contribution in [0.25, 0.3) is 0 Å². The molecule has 0 saturated carbocycles. The van der Waals surface area contributed by atoms with Crippen LogP contribution in [0.3, 0.4) is 0 Å². The average molecular weight is 306 g/mol. The number of aromatic nitrogens is 2. The molecule has 0 aliphatic heterocycles. The lowest BCUT2D eigenvalue weighted by molar-refractivity contribution is 0.0815. The molecule has 6 heteroatoms. The van der Waals surface area contributed by atoms with E-state index in [4.69, 9.17) is 9.47 Å². The van der Waals surface area contributed by atoms with Gasteiger partial charge in [-0.2, -0.15) is 5.10 Å². The van der Waals surface area contributed by atoms with E-state index in [2.05, 4.69) is 26.3 Å². The van der Waals surface area contributed by atoms with E-state index in [1.165, 1.54) is 0 Å². The molecule has 17 heavy (non-hydrogen) atoms. The largest absolute Gasteiger partial charge is 0.383 e. The lowest BCUT2D eigenvalue weighted by atomic mass is 10.1. The van der Waals surface area contributed by atoms with Gasteiger partial charge in [0, 0.05) is 14.2 Å². The van der Waals surface area contributed by atoms with Gasteiger partial charge in [-0.05, 0) is 29.9 Å². The van der Waals surface area contributed by atoms with Crippen molar-refractivity contribution in [2.45, 2.75) is 25.6 Å². The minimum absolute atomic E-state index is 0.0642.